The lowest BCUT2D eigenvalue weighted by Crippen LogP contribution is -2.30. The van der Waals surface area contributed by atoms with Crippen molar-refractivity contribution < 1.29 is 9.53 Å². The van der Waals surface area contributed by atoms with Crippen molar-refractivity contribution in [1.29, 1.82) is 0 Å². The number of ether oxygens (including phenoxy) is 1. The molecular weight excluding hydrogens is 228 g/mol. The molecule has 0 aliphatic rings. The van der Waals surface area contributed by atoms with Crippen LogP contribution in [0.4, 0.5) is 0 Å². The standard InChI is InChI=1S/C14H22N2O2/c1-4-16(5-2)13(10-14(17)18-6-3)12-8-7-9-15-11-12/h7-9,11,13H,4-6,10H2,1-3H3. The molecule has 1 aromatic rings. The number of hydrogen-bond donors (Lipinski definition) is 0. The lowest BCUT2D eigenvalue weighted by atomic mass is 10.0. The second kappa shape index (κ2) is 7.82. The molecule has 0 aliphatic carbocycles. The van der Waals surface area contributed by atoms with Crippen molar-refractivity contribution in [1.82, 2.24) is 9.88 Å². The lowest BCUT2D eigenvalue weighted by Gasteiger charge is -2.29. The van der Waals surface area contributed by atoms with E-state index in [1.807, 2.05) is 25.3 Å². The van der Waals surface area contributed by atoms with Crippen LogP contribution in [0.3, 0.4) is 0 Å². The van der Waals surface area contributed by atoms with Gasteiger partial charge in [0.15, 0.2) is 0 Å². The summed E-state index contributed by atoms with van der Waals surface area (Å²) in [6.07, 6.45) is 3.94. The highest BCUT2D eigenvalue weighted by Gasteiger charge is 2.21. The molecule has 0 aliphatic heterocycles. The van der Waals surface area contributed by atoms with Crippen LogP contribution in [-0.2, 0) is 9.53 Å². The fourth-order valence-electron chi connectivity index (χ4n) is 2.07. The average molecular weight is 250 g/mol. The van der Waals surface area contributed by atoms with Crippen LogP contribution < -0.4 is 0 Å². The smallest absolute Gasteiger partial charge is 0.307 e. The van der Waals surface area contributed by atoms with E-state index in [2.05, 4.69) is 23.7 Å². The van der Waals surface area contributed by atoms with Gasteiger partial charge in [0.05, 0.1) is 13.0 Å². The van der Waals surface area contributed by atoms with Gasteiger partial charge in [-0.2, -0.15) is 0 Å². The van der Waals surface area contributed by atoms with Gasteiger partial charge in [0.1, 0.15) is 0 Å². The number of aromatic nitrogens is 1. The van der Waals surface area contributed by atoms with Crippen LogP contribution >= 0.6 is 0 Å². The first-order valence-corrected chi connectivity index (χ1v) is 6.52. The van der Waals surface area contributed by atoms with Gasteiger partial charge in [-0.25, -0.2) is 0 Å². The molecule has 4 heteroatoms. The molecule has 4 nitrogen and oxygen atoms in total. The Morgan fingerprint density at radius 1 is 1.39 bits per heavy atom. The predicted molar refractivity (Wildman–Crippen MR) is 71.1 cm³/mol. The first-order chi connectivity index (χ1) is 8.72. The maximum atomic E-state index is 11.7. The normalized spacial score (nSPS) is 12.4. The van der Waals surface area contributed by atoms with E-state index in [1.165, 1.54) is 0 Å². The monoisotopic (exact) mass is 250 g/mol. The summed E-state index contributed by atoms with van der Waals surface area (Å²) in [5.74, 6) is -0.154. The number of hydrogen-bond acceptors (Lipinski definition) is 4. The number of carbonyl (C=O) groups is 1. The number of pyridine rings is 1. The third-order valence-electron chi connectivity index (χ3n) is 2.99. The molecule has 0 aromatic carbocycles. The minimum atomic E-state index is -0.154. The Balaban J connectivity index is 2.85. The van der Waals surface area contributed by atoms with Gasteiger partial charge >= 0.3 is 5.97 Å². The van der Waals surface area contributed by atoms with Crippen LogP contribution in [-0.4, -0.2) is 35.5 Å². The average Bonchev–Trinajstić information content (AvgIpc) is 2.40. The SMILES string of the molecule is CCOC(=O)CC(c1cccnc1)N(CC)CC. The fourth-order valence-corrected chi connectivity index (χ4v) is 2.07. The van der Waals surface area contributed by atoms with E-state index in [9.17, 15) is 4.79 Å². The molecule has 0 spiro atoms. The van der Waals surface area contributed by atoms with E-state index in [0.717, 1.165) is 18.7 Å². The van der Waals surface area contributed by atoms with Crippen LogP contribution in [0.1, 0.15) is 38.8 Å². The molecular formula is C14H22N2O2. The zero-order chi connectivity index (χ0) is 13.4. The van der Waals surface area contributed by atoms with Crippen LogP contribution in [0, 0.1) is 0 Å². The maximum Gasteiger partial charge on any atom is 0.307 e. The molecule has 1 atom stereocenters. The van der Waals surface area contributed by atoms with E-state index in [-0.39, 0.29) is 12.0 Å². The van der Waals surface area contributed by atoms with Gasteiger partial charge in [-0.1, -0.05) is 19.9 Å². The van der Waals surface area contributed by atoms with Crippen molar-refractivity contribution in [2.24, 2.45) is 0 Å². The molecule has 18 heavy (non-hydrogen) atoms. The van der Waals surface area contributed by atoms with Gasteiger partial charge in [0.2, 0.25) is 0 Å². The molecule has 1 rings (SSSR count). The summed E-state index contributed by atoms with van der Waals surface area (Å²) >= 11 is 0. The van der Waals surface area contributed by atoms with Crippen molar-refractivity contribution in [3.05, 3.63) is 30.1 Å². The minimum absolute atomic E-state index is 0.0488. The minimum Gasteiger partial charge on any atom is -0.466 e. The van der Waals surface area contributed by atoms with Crippen molar-refractivity contribution in [2.75, 3.05) is 19.7 Å². The number of rotatable bonds is 7. The van der Waals surface area contributed by atoms with Crippen LogP contribution in [0.25, 0.3) is 0 Å². The molecule has 1 unspecified atom stereocenters. The van der Waals surface area contributed by atoms with Gasteiger partial charge in [-0.15, -0.1) is 0 Å². The zero-order valence-corrected chi connectivity index (χ0v) is 11.4. The highest BCUT2D eigenvalue weighted by Crippen LogP contribution is 2.23. The van der Waals surface area contributed by atoms with E-state index >= 15 is 0 Å². The Bertz CT molecular complexity index is 350. The summed E-state index contributed by atoms with van der Waals surface area (Å²) in [6.45, 7) is 8.24. The molecule has 1 aromatic heterocycles. The Kier molecular flexibility index (Phi) is 6.36. The first-order valence-electron chi connectivity index (χ1n) is 6.52. The highest BCUT2D eigenvalue weighted by atomic mass is 16.5. The topological polar surface area (TPSA) is 42.4 Å². The quantitative estimate of drug-likeness (QED) is 0.697. The summed E-state index contributed by atoms with van der Waals surface area (Å²) < 4.78 is 5.05. The molecule has 0 saturated heterocycles. The number of carbonyl (C=O) groups excluding carboxylic acids is 1. The van der Waals surface area contributed by atoms with Gasteiger partial charge < -0.3 is 4.74 Å². The third-order valence-corrected chi connectivity index (χ3v) is 2.99. The van der Waals surface area contributed by atoms with Crippen molar-refractivity contribution in [3.63, 3.8) is 0 Å². The summed E-state index contributed by atoms with van der Waals surface area (Å²) in [7, 11) is 0. The van der Waals surface area contributed by atoms with E-state index < -0.39 is 0 Å². The zero-order valence-electron chi connectivity index (χ0n) is 11.4. The Labute approximate surface area is 109 Å². The molecule has 1 heterocycles. The molecule has 0 radical (unpaired) electrons. The summed E-state index contributed by atoms with van der Waals surface area (Å²) in [4.78, 5) is 18.1. The molecule has 0 saturated carbocycles. The maximum absolute atomic E-state index is 11.7. The molecule has 100 valence electrons. The van der Waals surface area contributed by atoms with Crippen molar-refractivity contribution >= 4 is 5.97 Å². The Morgan fingerprint density at radius 2 is 2.11 bits per heavy atom. The first kappa shape index (κ1) is 14.6. The second-order valence-corrected chi connectivity index (χ2v) is 4.03. The van der Waals surface area contributed by atoms with Gasteiger partial charge in [-0.3, -0.25) is 14.7 Å². The van der Waals surface area contributed by atoms with E-state index in [4.69, 9.17) is 4.74 Å². The molecule has 0 N–H and O–H groups in total. The molecule has 0 fully saturated rings. The van der Waals surface area contributed by atoms with Crippen molar-refractivity contribution in [3.8, 4) is 0 Å². The van der Waals surface area contributed by atoms with Crippen LogP contribution in [0.15, 0.2) is 24.5 Å². The van der Waals surface area contributed by atoms with E-state index in [1.54, 1.807) is 6.20 Å². The summed E-state index contributed by atoms with van der Waals surface area (Å²) in [5, 5.41) is 0. The Hall–Kier alpha value is -1.42. The second-order valence-electron chi connectivity index (χ2n) is 4.03. The van der Waals surface area contributed by atoms with Gasteiger partial charge in [-0.05, 0) is 31.6 Å². The van der Waals surface area contributed by atoms with Gasteiger partial charge in [0.25, 0.3) is 0 Å². The molecule has 0 bridgehead atoms. The predicted octanol–water partition coefficient (Wildman–Crippen LogP) is 2.42. The van der Waals surface area contributed by atoms with Crippen LogP contribution in [0.2, 0.25) is 0 Å². The third kappa shape index (κ3) is 4.11. The fraction of sp³-hybridized carbons (Fsp3) is 0.571. The van der Waals surface area contributed by atoms with Crippen LogP contribution in [0.5, 0.6) is 0 Å². The lowest BCUT2D eigenvalue weighted by molar-refractivity contribution is -0.144. The van der Waals surface area contributed by atoms with Crippen molar-refractivity contribution in [2.45, 2.75) is 33.2 Å². The number of esters is 1. The Morgan fingerprint density at radius 3 is 2.61 bits per heavy atom. The highest BCUT2D eigenvalue weighted by molar-refractivity contribution is 5.70. The largest absolute Gasteiger partial charge is 0.466 e. The summed E-state index contributed by atoms with van der Waals surface area (Å²) in [6, 6.07) is 3.96. The summed E-state index contributed by atoms with van der Waals surface area (Å²) in [5.41, 5.74) is 1.06. The van der Waals surface area contributed by atoms with Gasteiger partial charge in [0, 0.05) is 18.4 Å². The molecule has 0 amide bonds. The number of nitrogens with zero attached hydrogens (tertiary/aromatic N) is 2. The van der Waals surface area contributed by atoms with E-state index in [0.29, 0.717) is 13.0 Å².